The van der Waals surface area contributed by atoms with Crippen LogP contribution in [0.4, 0.5) is 0 Å². The summed E-state index contributed by atoms with van der Waals surface area (Å²) in [5.41, 5.74) is 2.43. The van der Waals surface area contributed by atoms with Gasteiger partial charge in [0.15, 0.2) is 0 Å². The second-order valence-corrected chi connectivity index (χ2v) is 4.95. The van der Waals surface area contributed by atoms with E-state index in [2.05, 4.69) is 15.0 Å². The van der Waals surface area contributed by atoms with E-state index in [0.717, 1.165) is 22.2 Å². The summed E-state index contributed by atoms with van der Waals surface area (Å²) in [6.45, 7) is 4.29. The van der Waals surface area contributed by atoms with E-state index in [9.17, 15) is 0 Å². The Kier molecular flexibility index (Phi) is 3.71. The lowest BCUT2D eigenvalue weighted by Gasteiger charge is -2.11. The molecule has 0 atom stereocenters. The van der Waals surface area contributed by atoms with Crippen LogP contribution in [0, 0.1) is 6.92 Å². The van der Waals surface area contributed by atoms with Crippen molar-refractivity contribution in [2.24, 2.45) is 0 Å². The maximum Gasteiger partial charge on any atom is 0.226 e. The quantitative estimate of drug-likeness (QED) is 0.685. The SMILES string of the molecule is CCOc1nc(C)nc2cc(Cl)nc(-c3ccccc3)c12. The molecule has 0 saturated carbocycles. The molecule has 0 saturated heterocycles. The van der Waals surface area contributed by atoms with Gasteiger partial charge in [0.25, 0.3) is 0 Å². The molecule has 3 aromatic rings. The van der Waals surface area contributed by atoms with Gasteiger partial charge in [0.2, 0.25) is 5.88 Å². The summed E-state index contributed by atoms with van der Waals surface area (Å²) in [6, 6.07) is 11.6. The molecule has 3 rings (SSSR count). The highest BCUT2D eigenvalue weighted by Gasteiger charge is 2.15. The first-order valence-corrected chi connectivity index (χ1v) is 7.10. The number of rotatable bonds is 3. The molecule has 0 bridgehead atoms. The molecule has 0 aliphatic heterocycles. The molecule has 2 aromatic heterocycles. The first-order valence-electron chi connectivity index (χ1n) is 6.72. The minimum absolute atomic E-state index is 0.405. The second kappa shape index (κ2) is 5.66. The molecule has 0 fully saturated rings. The Hall–Kier alpha value is -2.20. The van der Waals surface area contributed by atoms with E-state index in [1.807, 2.05) is 44.2 Å². The number of hydrogen-bond acceptors (Lipinski definition) is 4. The van der Waals surface area contributed by atoms with E-state index < -0.39 is 0 Å². The zero-order valence-corrected chi connectivity index (χ0v) is 12.6. The van der Waals surface area contributed by atoms with Crippen LogP contribution in [-0.4, -0.2) is 21.6 Å². The molecule has 4 nitrogen and oxygen atoms in total. The predicted octanol–water partition coefficient (Wildman–Crippen LogP) is 4.05. The highest BCUT2D eigenvalue weighted by Crippen LogP contribution is 2.33. The van der Waals surface area contributed by atoms with Gasteiger partial charge in [-0.05, 0) is 13.8 Å². The Morgan fingerprint density at radius 3 is 2.57 bits per heavy atom. The van der Waals surface area contributed by atoms with Crippen molar-refractivity contribution in [3.63, 3.8) is 0 Å². The highest BCUT2D eigenvalue weighted by atomic mass is 35.5. The average Bonchev–Trinajstić information content (AvgIpc) is 2.47. The van der Waals surface area contributed by atoms with Crippen LogP contribution in [0.15, 0.2) is 36.4 Å². The van der Waals surface area contributed by atoms with Crippen molar-refractivity contribution < 1.29 is 4.74 Å². The van der Waals surface area contributed by atoms with Crippen molar-refractivity contribution in [2.75, 3.05) is 6.61 Å². The van der Waals surface area contributed by atoms with Gasteiger partial charge in [0.1, 0.15) is 11.0 Å². The maximum absolute atomic E-state index is 6.14. The lowest BCUT2D eigenvalue weighted by atomic mass is 10.1. The van der Waals surface area contributed by atoms with Gasteiger partial charge in [-0.15, -0.1) is 0 Å². The van der Waals surface area contributed by atoms with Crippen molar-refractivity contribution in [3.05, 3.63) is 47.4 Å². The minimum atomic E-state index is 0.405. The van der Waals surface area contributed by atoms with Gasteiger partial charge in [-0.2, -0.15) is 4.98 Å². The van der Waals surface area contributed by atoms with E-state index in [4.69, 9.17) is 16.3 Å². The van der Waals surface area contributed by atoms with Gasteiger partial charge >= 0.3 is 0 Å². The van der Waals surface area contributed by atoms with Crippen molar-refractivity contribution >= 4 is 22.5 Å². The first-order chi connectivity index (χ1) is 10.2. The van der Waals surface area contributed by atoms with E-state index in [0.29, 0.717) is 23.5 Å². The molecule has 0 aliphatic rings. The van der Waals surface area contributed by atoms with Gasteiger partial charge in [-0.3, -0.25) is 0 Å². The number of aromatic nitrogens is 3. The van der Waals surface area contributed by atoms with Crippen LogP contribution in [0.5, 0.6) is 5.88 Å². The molecule has 0 aliphatic carbocycles. The summed E-state index contributed by atoms with van der Waals surface area (Å²) >= 11 is 6.14. The number of fused-ring (bicyclic) bond motifs is 1. The summed E-state index contributed by atoms with van der Waals surface area (Å²) in [5.74, 6) is 1.19. The number of aryl methyl sites for hydroxylation is 1. The fourth-order valence-corrected chi connectivity index (χ4v) is 2.44. The molecule has 0 N–H and O–H groups in total. The van der Waals surface area contributed by atoms with Crippen LogP contribution < -0.4 is 4.74 Å². The smallest absolute Gasteiger partial charge is 0.226 e. The molecule has 0 spiro atoms. The van der Waals surface area contributed by atoms with Crippen LogP contribution in [0.25, 0.3) is 22.2 Å². The summed E-state index contributed by atoms with van der Waals surface area (Å²) < 4.78 is 5.67. The number of benzene rings is 1. The van der Waals surface area contributed by atoms with Crippen LogP contribution in [0.3, 0.4) is 0 Å². The van der Waals surface area contributed by atoms with Crippen LogP contribution in [-0.2, 0) is 0 Å². The summed E-state index contributed by atoms with van der Waals surface area (Å²) in [4.78, 5) is 13.3. The molecule has 21 heavy (non-hydrogen) atoms. The molecule has 0 unspecified atom stereocenters. The molecule has 1 aromatic carbocycles. The van der Waals surface area contributed by atoms with Gasteiger partial charge in [-0.25, -0.2) is 9.97 Å². The van der Waals surface area contributed by atoms with Gasteiger partial charge in [-0.1, -0.05) is 41.9 Å². The molecule has 2 heterocycles. The Morgan fingerprint density at radius 2 is 1.86 bits per heavy atom. The average molecular weight is 300 g/mol. The van der Waals surface area contributed by atoms with Crippen molar-refractivity contribution in [1.29, 1.82) is 0 Å². The molecular weight excluding hydrogens is 286 g/mol. The Labute approximate surface area is 127 Å². The zero-order chi connectivity index (χ0) is 14.8. The third kappa shape index (κ3) is 2.67. The van der Waals surface area contributed by atoms with E-state index >= 15 is 0 Å². The lowest BCUT2D eigenvalue weighted by Crippen LogP contribution is -2.01. The van der Waals surface area contributed by atoms with Crippen molar-refractivity contribution in [1.82, 2.24) is 15.0 Å². The first kappa shape index (κ1) is 13.8. The van der Waals surface area contributed by atoms with Crippen molar-refractivity contribution in [2.45, 2.75) is 13.8 Å². The molecular formula is C16H14ClN3O. The summed E-state index contributed by atoms with van der Waals surface area (Å²) in [5, 5.41) is 1.19. The summed E-state index contributed by atoms with van der Waals surface area (Å²) in [7, 11) is 0. The molecule has 0 radical (unpaired) electrons. The van der Waals surface area contributed by atoms with Gasteiger partial charge in [0.05, 0.1) is 23.2 Å². The maximum atomic E-state index is 6.14. The third-order valence-corrected chi connectivity index (χ3v) is 3.25. The van der Waals surface area contributed by atoms with E-state index in [1.54, 1.807) is 6.07 Å². The third-order valence-electron chi connectivity index (χ3n) is 3.06. The minimum Gasteiger partial charge on any atom is -0.477 e. The van der Waals surface area contributed by atoms with Crippen LogP contribution >= 0.6 is 11.6 Å². The van der Waals surface area contributed by atoms with Gasteiger partial charge in [0, 0.05) is 11.6 Å². The van der Waals surface area contributed by atoms with Crippen LogP contribution in [0.1, 0.15) is 12.7 Å². The Bertz CT molecular complexity index is 785. The van der Waals surface area contributed by atoms with E-state index in [-0.39, 0.29) is 0 Å². The largest absolute Gasteiger partial charge is 0.477 e. The normalized spacial score (nSPS) is 10.8. The zero-order valence-electron chi connectivity index (χ0n) is 11.8. The van der Waals surface area contributed by atoms with E-state index in [1.165, 1.54) is 0 Å². The summed E-state index contributed by atoms with van der Waals surface area (Å²) in [6.07, 6.45) is 0. The molecule has 5 heteroatoms. The fraction of sp³-hybridized carbons (Fsp3) is 0.188. The number of ether oxygens (including phenoxy) is 1. The molecule has 106 valence electrons. The predicted molar refractivity (Wildman–Crippen MR) is 83.7 cm³/mol. The Balaban J connectivity index is 2.37. The second-order valence-electron chi connectivity index (χ2n) is 4.56. The lowest BCUT2D eigenvalue weighted by molar-refractivity contribution is 0.330. The van der Waals surface area contributed by atoms with Crippen LogP contribution in [0.2, 0.25) is 5.15 Å². The Morgan fingerprint density at radius 1 is 1.10 bits per heavy atom. The standard InChI is InChI=1S/C16H14ClN3O/c1-3-21-16-14-12(18-10(2)19-16)9-13(17)20-15(14)11-7-5-4-6-8-11/h4-9H,3H2,1-2H3. The number of hydrogen-bond donors (Lipinski definition) is 0. The molecule has 0 amide bonds. The highest BCUT2D eigenvalue weighted by molar-refractivity contribution is 6.30. The number of halogens is 1. The topological polar surface area (TPSA) is 47.9 Å². The number of nitrogens with zero attached hydrogens (tertiary/aromatic N) is 3. The van der Waals surface area contributed by atoms with Gasteiger partial charge < -0.3 is 4.74 Å². The number of pyridine rings is 1. The fourth-order valence-electron chi connectivity index (χ4n) is 2.25. The monoisotopic (exact) mass is 299 g/mol. The van der Waals surface area contributed by atoms with Crippen molar-refractivity contribution in [3.8, 4) is 17.1 Å².